The second-order valence-electron chi connectivity index (χ2n) is 9.33. The van der Waals surface area contributed by atoms with Crippen LogP contribution in [-0.4, -0.2) is 53.1 Å². The highest BCUT2D eigenvalue weighted by molar-refractivity contribution is 5.97. The number of aliphatic hydroxyl groups excluding tert-OH is 1. The normalized spacial score (nSPS) is 21.0. The number of pyridine rings is 1. The van der Waals surface area contributed by atoms with Crippen molar-refractivity contribution < 1.29 is 19.3 Å². The summed E-state index contributed by atoms with van der Waals surface area (Å²) in [4.78, 5) is 10.3. The van der Waals surface area contributed by atoms with Crippen LogP contribution in [0.15, 0.2) is 47.6 Å². The second kappa shape index (κ2) is 8.45. The van der Waals surface area contributed by atoms with E-state index in [4.69, 9.17) is 14.2 Å². The standard InChI is InChI=1S/C26H27N3O4/c1-26(2,3)10-8-17-6-7-20-18(13-17)9-12-29-21(20)14-23(28-25(29)30)31-15-19-16-32-24-22(33-19)5-4-11-27-24/h4-7,11,13-14,19,25,30H,9,12,15-16H2,1-3H3. The van der Waals surface area contributed by atoms with Crippen LogP contribution in [0.1, 0.15) is 37.5 Å². The first-order valence-corrected chi connectivity index (χ1v) is 11.1. The predicted octanol–water partition coefficient (Wildman–Crippen LogP) is 3.22. The van der Waals surface area contributed by atoms with Gasteiger partial charge in [-0.25, -0.2) is 4.98 Å². The average Bonchev–Trinajstić information content (AvgIpc) is 2.80. The minimum Gasteiger partial charge on any atom is -0.478 e. The Morgan fingerprint density at radius 1 is 1.27 bits per heavy atom. The van der Waals surface area contributed by atoms with Crippen LogP contribution >= 0.6 is 0 Å². The number of benzene rings is 1. The molecule has 0 fully saturated rings. The maximum Gasteiger partial charge on any atom is 0.257 e. The molecule has 7 heteroatoms. The monoisotopic (exact) mass is 445 g/mol. The molecule has 2 unspecified atom stereocenters. The van der Waals surface area contributed by atoms with Crippen LogP contribution in [0.5, 0.6) is 11.6 Å². The third-order valence-corrected chi connectivity index (χ3v) is 5.53. The van der Waals surface area contributed by atoms with Crippen molar-refractivity contribution in [1.29, 1.82) is 0 Å². The lowest BCUT2D eigenvalue weighted by atomic mass is 9.93. The van der Waals surface area contributed by atoms with E-state index >= 15 is 0 Å². The number of hydrogen-bond acceptors (Lipinski definition) is 7. The number of hydrogen-bond donors (Lipinski definition) is 1. The van der Waals surface area contributed by atoms with Gasteiger partial charge in [0.25, 0.3) is 5.88 Å². The first-order chi connectivity index (χ1) is 15.9. The van der Waals surface area contributed by atoms with Gasteiger partial charge < -0.3 is 24.2 Å². The Balaban J connectivity index is 1.32. The summed E-state index contributed by atoms with van der Waals surface area (Å²) in [6.07, 6.45) is 3.09. The molecular formula is C26H27N3O4. The SMILES string of the molecule is CC(C)(C)C#Cc1ccc2c(c1)CCN1C2=CC(OCC2COc3ncccc3O2)=NC1O. The molecule has 2 aromatic rings. The number of rotatable bonds is 2. The molecule has 5 rings (SSSR count). The van der Waals surface area contributed by atoms with Gasteiger partial charge in [0.1, 0.15) is 13.2 Å². The van der Waals surface area contributed by atoms with Gasteiger partial charge in [0.15, 0.2) is 11.9 Å². The van der Waals surface area contributed by atoms with Crippen LogP contribution < -0.4 is 9.47 Å². The van der Waals surface area contributed by atoms with Crippen molar-refractivity contribution >= 4 is 11.6 Å². The largest absolute Gasteiger partial charge is 0.478 e. The van der Waals surface area contributed by atoms with E-state index in [1.165, 1.54) is 5.56 Å². The third kappa shape index (κ3) is 4.67. The average molecular weight is 446 g/mol. The minimum atomic E-state index is -0.984. The van der Waals surface area contributed by atoms with Gasteiger partial charge in [-0.1, -0.05) is 17.9 Å². The molecule has 1 aromatic heterocycles. The zero-order valence-electron chi connectivity index (χ0n) is 19.0. The molecule has 7 nitrogen and oxygen atoms in total. The Kier molecular flexibility index (Phi) is 5.47. The van der Waals surface area contributed by atoms with E-state index < -0.39 is 6.35 Å². The maximum absolute atomic E-state index is 10.6. The second-order valence-corrected chi connectivity index (χ2v) is 9.33. The Hall–Kier alpha value is -3.50. The van der Waals surface area contributed by atoms with Gasteiger partial charge in [0.05, 0.1) is 5.70 Å². The molecule has 170 valence electrons. The molecule has 0 bridgehead atoms. The van der Waals surface area contributed by atoms with Gasteiger partial charge in [0.2, 0.25) is 12.2 Å². The van der Waals surface area contributed by atoms with E-state index in [-0.39, 0.29) is 18.1 Å². The molecule has 1 N–H and O–H groups in total. The quantitative estimate of drug-likeness (QED) is 0.716. The molecule has 33 heavy (non-hydrogen) atoms. The molecular weight excluding hydrogens is 418 g/mol. The van der Waals surface area contributed by atoms with Crippen LogP contribution in [0.2, 0.25) is 0 Å². The van der Waals surface area contributed by atoms with Crippen molar-refractivity contribution in [2.45, 2.75) is 39.6 Å². The molecule has 1 aromatic carbocycles. The van der Waals surface area contributed by atoms with Crippen LogP contribution in [0.25, 0.3) is 5.70 Å². The molecule has 3 aliphatic heterocycles. The summed E-state index contributed by atoms with van der Waals surface area (Å²) in [5, 5.41) is 10.6. The van der Waals surface area contributed by atoms with E-state index in [0.717, 1.165) is 23.2 Å². The molecule has 4 heterocycles. The minimum absolute atomic E-state index is 0.0446. The summed E-state index contributed by atoms with van der Waals surface area (Å²) in [6, 6.07) is 9.85. The Morgan fingerprint density at radius 2 is 2.15 bits per heavy atom. The number of aliphatic imine (C=N–C) groups is 1. The summed E-state index contributed by atoms with van der Waals surface area (Å²) < 4.78 is 17.5. The van der Waals surface area contributed by atoms with Crippen molar-refractivity contribution in [3.05, 3.63) is 59.3 Å². The highest BCUT2D eigenvalue weighted by atomic mass is 16.6. The number of ether oxygens (including phenoxy) is 3. The van der Waals surface area contributed by atoms with E-state index in [2.05, 4.69) is 54.7 Å². The van der Waals surface area contributed by atoms with Gasteiger partial charge in [-0.3, -0.25) is 0 Å². The first-order valence-electron chi connectivity index (χ1n) is 11.1. The lowest BCUT2D eigenvalue weighted by Gasteiger charge is -2.37. The summed E-state index contributed by atoms with van der Waals surface area (Å²) in [6.45, 7) is 7.57. The summed E-state index contributed by atoms with van der Waals surface area (Å²) in [5.74, 6) is 8.02. The lowest BCUT2D eigenvalue weighted by molar-refractivity contribution is 0.0348. The van der Waals surface area contributed by atoms with Crippen molar-refractivity contribution in [2.24, 2.45) is 10.4 Å². The van der Waals surface area contributed by atoms with Gasteiger partial charge in [-0.05, 0) is 57.0 Å². The maximum atomic E-state index is 10.6. The Labute approximate surface area is 193 Å². The van der Waals surface area contributed by atoms with Gasteiger partial charge in [-0.2, -0.15) is 4.99 Å². The smallest absolute Gasteiger partial charge is 0.257 e. The van der Waals surface area contributed by atoms with Crippen LogP contribution in [0.3, 0.4) is 0 Å². The molecule has 0 aliphatic carbocycles. The Morgan fingerprint density at radius 3 is 3.00 bits per heavy atom. The van der Waals surface area contributed by atoms with Gasteiger partial charge in [-0.15, -0.1) is 0 Å². The van der Waals surface area contributed by atoms with Crippen LogP contribution in [0.4, 0.5) is 0 Å². The first kappa shape index (κ1) is 21.4. The van der Waals surface area contributed by atoms with Gasteiger partial charge >= 0.3 is 0 Å². The van der Waals surface area contributed by atoms with E-state index in [0.29, 0.717) is 30.7 Å². The fourth-order valence-corrected chi connectivity index (χ4v) is 3.94. The van der Waals surface area contributed by atoms with E-state index in [1.54, 1.807) is 12.3 Å². The van der Waals surface area contributed by atoms with Crippen LogP contribution in [-0.2, 0) is 11.2 Å². The molecule has 0 saturated carbocycles. The van der Waals surface area contributed by atoms with E-state index in [9.17, 15) is 5.11 Å². The Bertz CT molecular complexity index is 1190. The fraction of sp³-hybridized carbons (Fsp3) is 0.385. The lowest BCUT2D eigenvalue weighted by Crippen LogP contribution is -2.41. The number of aromatic nitrogens is 1. The number of aliphatic hydroxyl groups is 1. The highest BCUT2D eigenvalue weighted by Gasteiger charge is 2.30. The molecule has 0 spiro atoms. The molecule has 0 amide bonds. The zero-order valence-corrected chi connectivity index (χ0v) is 19.0. The van der Waals surface area contributed by atoms with Crippen molar-refractivity contribution in [1.82, 2.24) is 9.88 Å². The summed E-state index contributed by atoms with van der Waals surface area (Å²) in [5.41, 5.74) is 4.13. The summed E-state index contributed by atoms with van der Waals surface area (Å²) >= 11 is 0. The highest BCUT2D eigenvalue weighted by Crippen LogP contribution is 2.33. The van der Waals surface area contributed by atoms with Crippen molar-refractivity contribution in [2.75, 3.05) is 19.8 Å². The molecule has 0 saturated heterocycles. The van der Waals surface area contributed by atoms with Crippen LogP contribution in [0, 0.1) is 17.3 Å². The zero-order chi connectivity index (χ0) is 23.0. The number of nitrogens with zero attached hydrogens (tertiary/aromatic N) is 3. The predicted molar refractivity (Wildman–Crippen MR) is 125 cm³/mol. The third-order valence-electron chi connectivity index (χ3n) is 5.53. The van der Waals surface area contributed by atoms with Gasteiger partial charge in [0, 0.05) is 35.4 Å². The van der Waals surface area contributed by atoms with Crippen molar-refractivity contribution in [3.63, 3.8) is 0 Å². The molecule has 0 radical (unpaired) electrons. The summed E-state index contributed by atoms with van der Waals surface area (Å²) in [7, 11) is 0. The van der Waals surface area contributed by atoms with E-state index in [1.807, 2.05) is 23.1 Å². The molecule has 2 atom stereocenters. The number of fused-ring (bicyclic) bond motifs is 4. The molecule has 3 aliphatic rings. The van der Waals surface area contributed by atoms with Crippen molar-refractivity contribution in [3.8, 4) is 23.5 Å². The fourth-order valence-electron chi connectivity index (χ4n) is 3.94. The topological polar surface area (TPSA) is 76.4 Å².